The second-order valence-corrected chi connectivity index (χ2v) is 8.60. The number of hydrogen-bond acceptors (Lipinski definition) is 6. The molecule has 1 N–H and O–H groups in total. The van der Waals surface area contributed by atoms with Gasteiger partial charge in [0.2, 0.25) is 0 Å². The fourth-order valence-corrected chi connectivity index (χ4v) is 4.40. The number of nitrogens with zero attached hydrogens (tertiary/aromatic N) is 3. The van der Waals surface area contributed by atoms with Crippen LogP contribution in [0.25, 0.3) is 5.76 Å². The number of Topliss-reactive ketones (excluding diaryl/α,β-unsaturated/α-hetero) is 1. The maximum Gasteiger partial charge on any atom is 0.295 e. The Balaban J connectivity index is 1.62. The number of hydrogen-bond donors (Lipinski definition) is 1. The lowest BCUT2D eigenvalue weighted by atomic mass is 9.96. The number of benzene rings is 2. The molecular formula is C29H31N3O4. The molecule has 1 saturated heterocycles. The number of carbonyl (C=O) groups excluding carboxylic acids is 2. The highest BCUT2D eigenvalue weighted by atomic mass is 16.5. The van der Waals surface area contributed by atoms with Crippen LogP contribution >= 0.6 is 0 Å². The number of likely N-dealkylation sites (N-methyl/N-ethyl adjacent to an activating group) is 1. The van der Waals surface area contributed by atoms with Crippen molar-refractivity contribution in [3.05, 3.63) is 101 Å². The van der Waals surface area contributed by atoms with Crippen LogP contribution in [0, 0.1) is 0 Å². The molecule has 1 amide bonds. The van der Waals surface area contributed by atoms with Gasteiger partial charge < -0.3 is 19.6 Å². The van der Waals surface area contributed by atoms with Gasteiger partial charge in [-0.15, -0.1) is 0 Å². The molecule has 2 heterocycles. The van der Waals surface area contributed by atoms with E-state index in [0.29, 0.717) is 31.0 Å². The molecule has 1 aromatic heterocycles. The molecule has 0 bridgehead atoms. The summed E-state index contributed by atoms with van der Waals surface area (Å²) < 4.78 is 5.83. The van der Waals surface area contributed by atoms with Gasteiger partial charge in [0.05, 0.1) is 11.6 Å². The first-order valence-corrected chi connectivity index (χ1v) is 12.2. The molecule has 3 aromatic rings. The monoisotopic (exact) mass is 485 g/mol. The van der Waals surface area contributed by atoms with E-state index in [1.54, 1.807) is 53.7 Å². The van der Waals surface area contributed by atoms with Crippen molar-refractivity contribution in [2.45, 2.75) is 26.5 Å². The third-order valence-corrected chi connectivity index (χ3v) is 6.49. The normalized spacial score (nSPS) is 17.1. The number of ether oxygens (including phenoxy) is 1. The predicted octanol–water partition coefficient (Wildman–Crippen LogP) is 4.42. The van der Waals surface area contributed by atoms with Crippen molar-refractivity contribution in [2.24, 2.45) is 0 Å². The molecule has 186 valence electrons. The van der Waals surface area contributed by atoms with Gasteiger partial charge in [0.1, 0.15) is 18.1 Å². The molecule has 0 aliphatic carbocycles. The van der Waals surface area contributed by atoms with Gasteiger partial charge in [0.15, 0.2) is 0 Å². The summed E-state index contributed by atoms with van der Waals surface area (Å²) in [5.74, 6) is -0.845. The minimum atomic E-state index is -0.683. The Kier molecular flexibility index (Phi) is 8.13. The second kappa shape index (κ2) is 11.6. The minimum Gasteiger partial charge on any atom is -0.507 e. The molecule has 2 aromatic carbocycles. The van der Waals surface area contributed by atoms with Crippen LogP contribution in [-0.2, 0) is 16.2 Å². The van der Waals surface area contributed by atoms with E-state index in [1.807, 2.05) is 30.3 Å². The molecule has 1 aliphatic rings. The van der Waals surface area contributed by atoms with Crippen molar-refractivity contribution < 1.29 is 19.4 Å². The zero-order valence-corrected chi connectivity index (χ0v) is 20.6. The minimum absolute atomic E-state index is 0.0868. The standard InChI is InChI=1S/C29H31N3O4/c1-3-31(4-2)18-19-32-26(22-14-16-30-17-15-22)25(28(34)29(32)35)27(33)23-10-12-24(13-11-23)36-20-21-8-6-5-7-9-21/h5-17,26,33H,3-4,18-20H2,1-2H3/b27-25+/t26-/m0/s1. The molecule has 7 nitrogen and oxygen atoms in total. The quantitative estimate of drug-likeness (QED) is 0.260. The Morgan fingerprint density at radius 1 is 0.972 bits per heavy atom. The van der Waals surface area contributed by atoms with Gasteiger partial charge in [0.25, 0.3) is 11.7 Å². The maximum atomic E-state index is 13.2. The van der Waals surface area contributed by atoms with Gasteiger partial charge in [-0.3, -0.25) is 14.6 Å². The summed E-state index contributed by atoms with van der Waals surface area (Å²) in [7, 11) is 0. The van der Waals surface area contributed by atoms with Gasteiger partial charge in [-0.2, -0.15) is 0 Å². The summed E-state index contributed by atoms with van der Waals surface area (Å²) in [6, 6.07) is 19.6. The van der Waals surface area contributed by atoms with Crippen molar-refractivity contribution in [1.29, 1.82) is 0 Å². The fraction of sp³-hybridized carbons (Fsp3) is 0.276. The van der Waals surface area contributed by atoms with E-state index in [0.717, 1.165) is 24.2 Å². The number of rotatable bonds is 10. The van der Waals surface area contributed by atoms with Crippen molar-refractivity contribution in [2.75, 3.05) is 26.2 Å². The van der Waals surface area contributed by atoms with E-state index in [9.17, 15) is 14.7 Å². The Morgan fingerprint density at radius 3 is 2.28 bits per heavy atom. The predicted molar refractivity (Wildman–Crippen MR) is 138 cm³/mol. The molecule has 1 aliphatic heterocycles. The lowest BCUT2D eigenvalue weighted by molar-refractivity contribution is -0.140. The van der Waals surface area contributed by atoms with E-state index in [4.69, 9.17) is 4.74 Å². The van der Waals surface area contributed by atoms with Gasteiger partial charge in [-0.25, -0.2) is 0 Å². The lowest BCUT2D eigenvalue weighted by Crippen LogP contribution is -2.38. The smallest absolute Gasteiger partial charge is 0.295 e. The van der Waals surface area contributed by atoms with Crippen LogP contribution in [0.15, 0.2) is 84.7 Å². The third-order valence-electron chi connectivity index (χ3n) is 6.49. The number of amides is 1. The van der Waals surface area contributed by atoms with Gasteiger partial charge in [-0.1, -0.05) is 44.2 Å². The van der Waals surface area contributed by atoms with Crippen molar-refractivity contribution in [3.63, 3.8) is 0 Å². The van der Waals surface area contributed by atoms with Crippen LogP contribution in [0.1, 0.15) is 36.6 Å². The number of pyridine rings is 1. The molecule has 0 radical (unpaired) electrons. The van der Waals surface area contributed by atoms with Gasteiger partial charge in [-0.05, 0) is 60.6 Å². The molecule has 4 rings (SSSR count). The summed E-state index contributed by atoms with van der Waals surface area (Å²) >= 11 is 0. The SMILES string of the molecule is CCN(CC)CCN1C(=O)C(=O)/C(=C(/O)c2ccc(OCc3ccccc3)cc2)[C@@H]1c1ccncc1. The van der Waals surface area contributed by atoms with Crippen LogP contribution in [0.2, 0.25) is 0 Å². The van der Waals surface area contributed by atoms with Gasteiger partial charge >= 0.3 is 0 Å². The molecule has 0 saturated carbocycles. The van der Waals surface area contributed by atoms with Crippen LogP contribution in [0.5, 0.6) is 5.75 Å². The zero-order valence-electron chi connectivity index (χ0n) is 20.6. The first-order chi connectivity index (χ1) is 17.5. The fourth-order valence-electron chi connectivity index (χ4n) is 4.40. The van der Waals surface area contributed by atoms with Crippen molar-refractivity contribution in [1.82, 2.24) is 14.8 Å². The molecule has 0 unspecified atom stereocenters. The summed E-state index contributed by atoms with van der Waals surface area (Å²) in [5.41, 5.74) is 2.31. The Labute approximate surface area is 211 Å². The highest BCUT2D eigenvalue weighted by Gasteiger charge is 2.45. The largest absolute Gasteiger partial charge is 0.507 e. The third kappa shape index (κ3) is 5.47. The van der Waals surface area contributed by atoms with Crippen LogP contribution < -0.4 is 4.74 Å². The number of aliphatic hydroxyl groups excluding tert-OH is 1. The molecule has 7 heteroatoms. The first kappa shape index (κ1) is 25.1. The average Bonchev–Trinajstić information content (AvgIpc) is 3.18. The van der Waals surface area contributed by atoms with Crippen LogP contribution in [0.3, 0.4) is 0 Å². The molecule has 36 heavy (non-hydrogen) atoms. The van der Waals surface area contributed by atoms with Crippen molar-refractivity contribution in [3.8, 4) is 5.75 Å². The Morgan fingerprint density at radius 2 is 1.64 bits per heavy atom. The zero-order chi connectivity index (χ0) is 25.5. The van der Waals surface area contributed by atoms with E-state index in [2.05, 4.69) is 23.7 Å². The average molecular weight is 486 g/mol. The van der Waals surface area contributed by atoms with E-state index < -0.39 is 17.7 Å². The van der Waals surface area contributed by atoms with E-state index in [-0.39, 0.29) is 11.3 Å². The number of aromatic nitrogens is 1. The highest BCUT2D eigenvalue weighted by molar-refractivity contribution is 6.46. The van der Waals surface area contributed by atoms with Crippen molar-refractivity contribution >= 4 is 17.4 Å². The number of likely N-dealkylation sites (tertiary alicyclic amines) is 1. The van der Waals surface area contributed by atoms with Crippen LogP contribution in [-0.4, -0.2) is 57.8 Å². The molecule has 1 fully saturated rings. The first-order valence-electron chi connectivity index (χ1n) is 12.2. The molecule has 1 atom stereocenters. The Hall–Kier alpha value is -3.97. The maximum absolute atomic E-state index is 13.2. The second-order valence-electron chi connectivity index (χ2n) is 8.60. The van der Waals surface area contributed by atoms with E-state index in [1.165, 1.54) is 0 Å². The summed E-state index contributed by atoms with van der Waals surface area (Å²) in [6.07, 6.45) is 3.25. The number of aliphatic hydroxyl groups is 1. The molecule has 0 spiro atoms. The molecular weight excluding hydrogens is 454 g/mol. The topological polar surface area (TPSA) is 83.0 Å². The Bertz CT molecular complexity index is 1210. The van der Waals surface area contributed by atoms with Gasteiger partial charge in [0, 0.05) is 31.0 Å². The number of carbonyl (C=O) groups is 2. The summed E-state index contributed by atoms with van der Waals surface area (Å²) in [5, 5.41) is 11.2. The summed E-state index contributed by atoms with van der Waals surface area (Å²) in [6.45, 7) is 7.25. The number of ketones is 1. The van der Waals surface area contributed by atoms with E-state index >= 15 is 0 Å². The highest BCUT2D eigenvalue weighted by Crippen LogP contribution is 2.39. The summed E-state index contributed by atoms with van der Waals surface area (Å²) in [4.78, 5) is 34.1. The lowest BCUT2D eigenvalue weighted by Gasteiger charge is -2.28. The van der Waals surface area contributed by atoms with Crippen LogP contribution in [0.4, 0.5) is 0 Å².